The van der Waals surface area contributed by atoms with Gasteiger partial charge < -0.3 is 15.4 Å². The molecule has 2 aromatic carbocycles. The van der Waals surface area contributed by atoms with Crippen molar-refractivity contribution in [2.24, 2.45) is 0 Å². The first-order valence-corrected chi connectivity index (χ1v) is 7.41. The summed E-state index contributed by atoms with van der Waals surface area (Å²) in [5.41, 5.74) is 1.29. The fourth-order valence-electron chi connectivity index (χ4n) is 2.09. The molecular formula is C16H16ClN3O4. The van der Waals surface area contributed by atoms with Crippen LogP contribution in [0.4, 0.5) is 17.1 Å². The summed E-state index contributed by atoms with van der Waals surface area (Å²) in [4.78, 5) is 22.6. The number of nitro benzene ring substituents is 1. The monoisotopic (exact) mass is 349 g/mol. The Morgan fingerprint density at radius 3 is 2.67 bits per heavy atom. The summed E-state index contributed by atoms with van der Waals surface area (Å²) >= 11 is 5.92. The summed E-state index contributed by atoms with van der Waals surface area (Å²) in [5, 5.41) is 17.0. The van der Waals surface area contributed by atoms with Crippen LogP contribution in [0.5, 0.6) is 5.75 Å². The van der Waals surface area contributed by atoms with Crippen molar-refractivity contribution in [1.82, 2.24) is 0 Å². The van der Waals surface area contributed by atoms with Gasteiger partial charge in [0.15, 0.2) is 0 Å². The van der Waals surface area contributed by atoms with Gasteiger partial charge in [0.05, 0.1) is 24.3 Å². The minimum absolute atomic E-state index is 0.0955. The SMILES string of the molecule is COc1ccc(Cl)cc1NCC(=O)Nc1ccc(C)cc1[N+](=O)[O-]. The smallest absolute Gasteiger partial charge is 0.293 e. The van der Waals surface area contributed by atoms with E-state index in [0.717, 1.165) is 5.56 Å². The number of methoxy groups -OCH3 is 1. The van der Waals surface area contributed by atoms with Crippen molar-refractivity contribution in [3.05, 3.63) is 57.1 Å². The van der Waals surface area contributed by atoms with Gasteiger partial charge in [-0.3, -0.25) is 14.9 Å². The highest BCUT2D eigenvalue weighted by atomic mass is 35.5. The van der Waals surface area contributed by atoms with E-state index in [1.807, 2.05) is 0 Å². The molecule has 8 heteroatoms. The summed E-state index contributed by atoms with van der Waals surface area (Å²) in [5.74, 6) is 0.109. The van der Waals surface area contributed by atoms with Crippen LogP contribution in [0.3, 0.4) is 0 Å². The van der Waals surface area contributed by atoms with Crippen molar-refractivity contribution in [3.8, 4) is 5.75 Å². The van der Waals surface area contributed by atoms with E-state index in [4.69, 9.17) is 16.3 Å². The lowest BCUT2D eigenvalue weighted by Gasteiger charge is -2.12. The third-order valence-corrected chi connectivity index (χ3v) is 3.46. The standard InChI is InChI=1S/C16H16ClN3O4/c1-10-3-5-12(14(7-10)20(22)23)19-16(21)9-18-13-8-11(17)4-6-15(13)24-2/h3-8,18H,9H2,1-2H3,(H,19,21). The highest BCUT2D eigenvalue weighted by Gasteiger charge is 2.16. The second kappa shape index (κ2) is 7.65. The normalized spacial score (nSPS) is 10.1. The highest BCUT2D eigenvalue weighted by Crippen LogP contribution is 2.28. The van der Waals surface area contributed by atoms with E-state index >= 15 is 0 Å². The summed E-state index contributed by atoms with van der Waals surface area (Å²) in [6.07, 6.45) is 0. The topological polar surface area (TPSA) is 93.5 Å². The molecule has 24 heavy (non-hydrogen) atoms. The van der Waals surface area contributed by atoms with E-state index in [9.17, 15) is 14.9 Å². The first-order chi connectivity index (χ1) is 11.4. The minimum atomic E-state index is -0.532. The quantitative estimate of drug-likeness (QED) is 0.613. The number of ether oxygens (including phenoxy) is 1. The number of amides is 1. The molecule has 0 bridgehead atoms. The van der Waals surface area contributed by atoms with Crippen LogP contribution in [0.2, 0.25) is 5.02 Å². The Morgan fingerprint density at radius 1 is 1.25 bits per heavy atom. The van der Waals surface area contributed by atoms with Gasteiger partial charge in [0.25, 0.3) is 5.69 Å². The maximum atomic E-state index is 12.1. The second-order valence-electron chi connectivity index (χ2n) is 5.02. The van der Waals surface area contributed by atoms with Crippen LogP contribution in [0.25, 0.3) is 0 Å². The average Bonchev–Trinajstić information content (AvgIpc) is 2.54. The summed E-state index contributed by atoms with van der Waals surface area (Å²) in [6.45, 7) is 1.65. The van der Waals surface area contributed by atoms with E-state index in [-0.39, 0.29) is 17.9 Å². The Balaban J connectivity index is 2.07. The lowest BCUT2D eigenvalue weighted by Crippen LogP contribution is -2.22. The Kier molecular flexibility index (Phi) is 5.59. The van der Waals surface area contributed by atoms with E-state index < -0.39 is 10.8 Å². The van der Waals surface area contributed by atoms with Crippen LogP contribution in [0.1, 0.15) is 5.56 Å². The summed E-state index contributed by atoms with van der Waals surface area (Å²) in [7, 11) is 1.50. The first-order valence-electron chi connectivity index (χ1n) is 7.03. The molecule has 0 aliphatic carbocycles. The number of nitrogens with zero attached hydrogens (tertiary/aromatic N) is 1. The van der Waals surface area contributed by atoms with Crippen molar-refractivity contribution in [2.45, 2.75) is 6.92 Å². The first kappa shape index (κ1) is 17.6. The number of aryl methyl sites for hydroxylation is 1. The molecule has 0 saturated heterocycles. The Bertz CT molecular complexity index is 780. The van der Waals surface area contributed by atoms with Gasteiger partial charge in [-0.15, -0.1) is 0 Å². The van der Waals surface area contributed by atoms with Gasteiger partial charge in [-0.1, -0.05) is 17.7 Å². The molecule has 0 aliphatic heterocycles. The molecule has 0 fully saturated rings. The van der Waals surface area contributed by atoms with Crippen LogP contribution in [-0.4, -0.2) is 24.5 Å². The third kappa shape index (κ3) is 4.36. The van der Waals surface area contributed by atoms with Crippen molar-refractivity contribution >= 4 is 34.6 Å². The number of nitrogens with one attached hydrogen (secondary N) is 2. The average molecular weight is 350 g/mol. The molecule has 0 aliphatic rings. The van der Waals surface area contributed by atoms with Gasteiger partial charge in [0, 0.05) is 11.1 Å². The molecule has 2 rings (SSSR count). The number of benzene rings is 2. The number of halogens is 1. The summed E-state index contributed by atoms with van der Waals surface area (Å²) in [6, 6.07) is 9.57. The number of hydrogen-bond acceptors (Lipinski definition) is 5. The fourth-order valence-corrected chi connectivity index (χ4v) is 2.26. The van der Waals surface area contributed by atoms with Crippen molar-refractivity contribution < 1.29 is 14.5 Å². The lowest BCUT2D eigenvalue weighted by molar-refractivity contribution is -0.384. The van der Waals surface area contributed by atoms with Gasteiger partial charge >= 0.3 is 0 Å². The number of nitro groups is 1. The maximum absolute atomic E-state index is 12.1. The molecule has 2 aromatic rings. The Hall–Kier alpha value is -2.80. The largest absolute Gasteiger partial charge is 0.495 e. The van der Waals surface area contributed by atoms with Crippen molar-refractivity contribution in [2.75, 3.05) is 24.3 Å². The van der Waals surface area contributed by atoms with Crippen molar-refractivity contribution in [1.29, 1.82) is 0 Å². The molecule has 0 atom stereocenters. The zero-order chi connectivity index (χ0) is 17.7. The number of anilines is 2. The predicted molar refractivity (Wildman–Crippen MR) is 93.0 cm³/mol. The molecule has 0 radical (unpaired) electrons. The molecule has 7 nitrogen and oxygen atoms in total. The minimum Gasteiger partial charge on any atom is -0.495 e. The third-order valence-electron chi connectivity index (χ3n) is 3.22. The zero-order valence-electron chi connectivity index (χ0n) is 13.1. The van der Waals surface area contributed by atoms with E-state index in [1.54, 1.807) is 31.2 Å². The number of carbonyl (C=O) groups is 1. The molecule has 2 N–H and O–H groups in total. The predicted octanol–water partition coefficient (Wildman–Crippen LogP) is 3.62. The van der Waals surface area contributed by atoms with Gasteiger partial charge in [-0.2, -0.15) is 0 Å². The van der Waals surface area contributed by atoms with Crippen LogP contribution >= 0.6 is 11.6 Å². The second-order valence-corrected chi connectivity index (χ2v) is 5.46. The van der Waals surface area contributed by atoms with Crippen LogP contribution in [-0.2, 0) is 4.79 Å². The van der Waals surface area contributed by atoms with Gasteiger partial charge in [-0.05, 0) is 36.8 Å². The van der Waals surface area contributed by atoms with Gasteiger partial charge in [-0.25, -0.2) is 0 Å². The van der Waals surface area contributed by atoms with E-state index in [0.29, 0.717) is 16.5 Å². The molecule has 0 aromatic heterocycles. The maximum Gasteiger partial charge on any atom is 0.293 e. The van der Waals surface area contributed by atoms with Crippen LogP contribution in [0, 0.1) is 17.0 Å². The number of carbonyl (C=O) groups excluding carboxylic acids is 1. The molecule has 0 saturated carbocycles. The fraction of sp³-hybridized carbons (Fsp3) is 0.188. The molecular weight excluding hydrogens is 334 g/mol. The number of hydrogen-bond donors (Lipinski definition) is 2. The van der Waals surface area contributed by atoms with E-state index in [1.165, 1.54) is 19.2 Å². The molecule has 0 spiro atoms. The Morgan fingerprint density at radius 2 is 2.00 bits per heavy atom. The zero-order valence-corrected chi connectivity index (χ0v) is 13.9. The number of rotatable bonds is 6. The highest BCUT2D eigenvalue weighted by molar-refractivity contribution is 6.30. The summed E-state index contributed by atoms with van der Waals surface area (Å²) < 4.78 is 5.17. The molecule has 0 heterocycles. The molecule has 126 valence electrons. The molecule has 0 unspecified atom stereocenters. The van der Waals surface area contributed by atoms with Gasteiger partial charge in [0.1, 0.15) is 11.4 Å². The van der Waals surface area contributed by atoms with E-state index in [2.05, 4.69) is 10.6 Å². The van der Waals surface area contributed by atoms with Crippen LogP contribution < -0.4 is 15.4 Å². The lowest BCUT2D eigenvalue weighted by atomic mass is 10.2. The van der Waals surface area contributed by atoms with Crippen LogP contribution in [0.15, 0.2) is 36.4 Å². The van der Waals surface area contributed by atoms with Crippen molar-refractivity contribution in [3.63, 3.8) is 0 Å². The Labute approximate surface area is 143 Å². The molecule has 1 amide bonds. The van der Waals surface area contributed by atoms with Gasteiger partial charge in [0.2, 0.25) is 5.91 Å².